The number of carbonyl (C=O) groups excluding carboxylic acids is 1. The van der Waals surface area contributed by atoms with E-state index in [1.807, 2.05) is 0 Å². The molecule has 3 rings (SSSR count). The second kappa shape index (κ2) is 38.5. The average molecular weight is 1050 g/mol. The van der Waals surface area contributed by atoms with Crippen molar-refractivity contribution in [3.05, 3.63) is 85.1 Å². The third-order valence-corrected chi connectivity index (χ3v) is 12.9. The van der Waals surface area contributed by atoms with Crippen LogP contribution in [0.3, 0.4) is 0 Å². The molecule has 0 bridgehead atoms. The van der Waals surface area contributed by atoms with Crippen LogP contribution >= 0.6 is 0 Å². The second-order valence-corrected chi connectivity index (χ2v) is 18.9. The molecule has 424 valence electrons. The summed E-state index contributed by atoms with van der Waals surface area (Å²) in [5.74, 6) is -0.321. The minimum absolute atomic E-state index is 0.198. The van der Waals surface area contributed by atoms with Crippen molar-refractivity contribution in [2.75, 3.05) is 26.4 Å². The molecule has 74 heavy (non-hydrogen) atoms. The maximum absolute atomic E-state index is 13.2. The zero-order chi connectivity index (χ0) is 54.1. The van der Waals surface area contributed by atoms with Gasteiger partial charge in [0.1, 0.15) is 73.2 Å². The first-order valence-electron chi connectivity index (χ1n) is 26.8. The maximum Gasteiger partial charge on any atom is 0.220 e. The van der Waals surface area contributed by atoms with E-state index in [9.17, 15) is 61.0 Å². The number of aliphatic hydroxyl groups is 11. The van der Waals surface area contributed by atoms with Crippen LogP contribution in [-0.4, -0.2) is 193 Å². The van der Waals surface area contributed by atoms with Gasteiger partial charge in [-0.1, -0.05) is 125 Å². The van der Waals surface area contributed by atoms with Gasteiger partial charge in [0.15, 0.2) is 18.9 Å². The Labute approximate surface area is 438 Å². The van der Waals surface area contributed by atoms with Gasteiger partial charge in [-0.2, -0.15) is 0 Å². The van der Waals surface area contributed by atoms with E-state index >= 15 is 0 Å². The predicted molar refractivity (Wildman–Crippen MR) is 277 cm³/mol. The molecule has 17 unspecified atom stereocenters. The normalized spacial score (nSPS) is 32.1. The van der Waals surface area contributed by atoms with Crippen molar-refractivity contribution < 1.29 is 89.4 Å². The van der Waals surface area contributed by atoms with Crippen LogP contribution in [0.25, 0.3) is 0 Å². The van der Waals surface area contributed by atoms with E-state index in [0.29, 0.717) is 12.8 Å². The first kappa shape index (κ1) is 65.3. The number of allylic oxidation sites excluding steroid dienone is 13. The average Bonchev–Trinajstić information content (AvgIpc) is 3.40. The number of nitrogens with one attached hydrogen (secondary N) is 1. The van der Waals surface area contributed by atoms with Crippen LogP contribution in [0.1, 0.15) is 123 Å². The fourth-order valence-electron chi connectivity index (χ4n) is 8.43. The first-order valence-corrected chi connectivity index (χ1v) is 26.8. The van der Waals surface area contributed by atoms with Crippen LogP contribution in [0, 0.1) is 0 Å². The van der Waals surface area contributed by atoms with Crippen LogP contribution in [0.15, 0.2) is 85.1 Å². The molecule has 3 fully saturated rings. The molecule has 3 aliphatic rings. The lowest BCUT2D eigenvalue weighted by molar-refractivity contribution is -0.379. The smallest absolute Gasteiger partial charge is 0.220 e. The Morgan fingerprint density at radius 1 is 0.500 bits per heavy atom. The van der Waals surface area contributed by atoms with Gasteiger partial charge in [-0.15, -0.1) is 0 Å². The molecule has 12 N–H and O–H groups in total. The molecule has 0 saturated carbocycles. The molecule has 19 heteroatoms. The lowest BCUT2D eigenvalue weighted by Gasteiger charge is -2.48. The van der Waals surface area contributed by atoms with Crippen LogP contribution in [-0.2, 0) is 33.2 Å². The number of hydrogen-bond donors (Lipinski definition) is 12. The number of rotatable bonds is 36. The van der Waals surface area contributed by atoms with Crippen LogP contribution < -0.4 is 5.32 Å². The zero-order valence-electron chi connectivity index (χ0n) is 43.5. The molecule has 1 amide bonds. The predicted octanol–water partition coefficient (Wildman–Crippen LogP) is 2.86. The first-order chi connectivity index (χ1) is 35.8. The number of hydrogen-bond acceptors (Lipinski definition) is 18. The van der Waals surface area contributed by atoms with Gasteiger partial charge in [0, 0.05) is 6.42 Å². The van der Waals surface area contributed by atoms with Crippen molar-refractivity contribution >= 4 is 5.91 Å². The van der Waals surface area contributed by atoms with Gasteiger partial charge in [0.2, 0.25) is 5.91 Å². The number of aliphatic hydroxyl groups excluding tert-OH is 11. The highest BCUT2D eigenvalue weighted by atomic mass is 16.8. The van der Waals surface area contributed by atoms with Crippen molar-refractivity contribution in [1.82, 2.24) is 5.32 Å². The van der Waals surface area contributed by atoms with Crippen molar-refractivity contribution in [3.8, 4) is 0 Å². The Hall–Kier alpha value is -3.03. The van der Waals surface area contributed by atoms with Gasteiger partial charge in [-0.25, -0.2) is 0 Å². The number of unbranched alkanes of at least 4 members (excludes halogenated alkanes) is 8. The summed E-state index contributed by atoms with van der Waals surface area (Å²) in [6.45, 7) is 1.45. The van der Waals surface area contributed by atoms with Gasteiger partial charge in [0.05, 0.1) is 38.6 Å². The SMILES string of the molecule is CC/C=C\C/C=C\C/C=C\C/C=C\CCCCCCC(=O)NC(COC1OC(CO)C(OC2OC(CO)C(OC3OC(CO)C(O)C(O)C3O)C(O)C2O)C(O)C1O)C(O)/C=C/CC/C=C/CC/C=C/CCCC. The molecule has 0 aliphatic carbocycles. The van der Waals surface area contributed by atoms with Crippen LogP contribution in [0.2, 0.25) is 0 Å². The molecular weight excluding hydrogens is 963 g/mol. The van der Waals surface area contributed by atoms with Crippen molar-refractivity contribution in [2.24, 2.45) is 0 Å². The lowest BCUT2D eigenvalue weighted by Crippen LogP contribution is -2.66. The van der Waals surface area contributed by atoms with E-state index in [1.165, 1.54) is 12.8 Å². The summed E-state index contributed by atoms with van der Waals surface area (Å²) in [6, 6.07) is -1.01. The summed E-state index contributed by atoms with van der Waals surface area (Å²) in [5, 5.41) is 120. The zero-order valence-corrected chi connectivity index (χ0v) is 43.5. The molecule has 0 radical (unpaired) electrons. The van der Waals surface area contributed by atoms with E-state index in [1.54, 1.807) is 12.2 Å². The lowest BCUT2D eigenvalue weighted by atomic mass is 9.96. The highest BCUT2D eigenvalue weighted by Crippen LogP contribution is 2.33. The van der Waals surface area contributed by atoms with Gasteiger partial charge in [0.25, 0.3) is 0 Å². The fourth-order valence-corrected chi connectivity index (χ4v) is 8.43. The highest BCUT2D eigenvalue weighted by molar-refractivity contribution is 5.76. The molecular formula is C55H91NO18. The van der Waals surface area contributed by atoms with Crippen molar-refractivity contribution in [2.45, 2.75) is 227 Å². The molecule has 0 aromatic rings. The van der Waals surface area contributed by atoms with E-state index in [4.69, 9.17) is 28.4 Å². The highest BCUT2D eigenvalue weighted by Gasteiger charge is 2.53. The molecule has 3 saturated heterocycles. The molecule has 3 aliphatic heterocycles. The summed E-state index contributed by atoms with van der Waals surface area (Å²) in [4.78, 5) is 13.2. The van der Waals surface area contributed by atoms with E-state index in [-0.39, 0.29) is 18.9 Å². The second-order valence-electron chi connectivity index (χ2n) is 18.9. The number of amides is 1. The van der Waals surface area contributed by atoms with Gasteiger partial charge < -0.3 is 89.9 Å². The standard InChI is InChI=1S/C55H91NO18/c1-3-5-7-9-11-13-15-17-18-19-20-21-23-25-27-29-31-33-43(61)56-38(39(60)32-30-28-26-24-22-16-14-12-10-8-6-4-2)37-69-53-49(67)46(64)51(41(35-58)71-53)74-55-50(68)47(65)52(42(36-59)72-55)73-54-48(66)45(63)44(62)40(34-57)70-54/h5,7,10-13,17-18,20-22,24,30,32,38-42,44-55,57-60,62-68H,3-4,6,8-9,14-16,19,23,25-29,31,33-37H2,1-2H3,(H,56,61)/b7-5-,12-10+,13-11-,18-17-,21-20-,24-22+,32-30+. The fraction of sp³-hybridized carbons (Fsp3) is 0.727. The van der Waals surface area contributed by atoms with Crippen molar-refractivity contribution in [1.29, 1.82) is 0 Å². The molecule has 0 spiro atoms. The van der Waals surface area contributed by atoms with Gasteiger partial charge in [-0.05, 0) is 77.0 Å². The van der Waals surface area contributed by atoms with Crippen LogP contribution in [0.5, 0.6) is 0 Å². The molecule has 3 heterocycles. The van der Waals surface area contributed by atoms with Crippen molar-refractivity contribution in [3.63, 3.8) is 0 Å². The minimum Gasteiger partial charge on any atom is -0.394 e. The maximum atomic E-state index is 13.2. The third-order valence-electron chi connectivity index (χ3n) is 12.9. The Balaban J connectivity index is 1.56. The minimum atomic E-state index is -1.99. The van der Waals surface area contributed by atoms with Crippen LogP contribution in [0.4, 0.5) is 0 Å². The number of ether oxygens (including phenoxy) is 6. The Kier molecular flexibility index (Phi) is 34.0. The van der Waals surface area contributed by atoms with E-state index in [0.717, 1.165) is 77.0 Å². The largest absolute Gasteiger partial charge is 0.394 e. The Morgan fingerprint density at radius 3 is 1.50 bits per heavy atom. The summed E-state index contributed by atoms with van der Waals surface area (Å²) in [5.41, 5.74) is 0. The van der Waals surface area contributed by atoms with E-state index in [2.05, 4.69) is 92.1 Å². The molecule has 0 aromatic heterocycles. The Morgan fingerprint density at radius 2 is 0.946 bits per heavy atom. The summed E-state index contributed by atoms with van der Waals surface area (Å²) < 4.78 is 34.1. The summed E-state index contributed by atoms with van der Waals surface area (Å²) in [7, 11) is 0. The molecule has 0 aromatic carbocycles. The third kappa shape index (κ3) is 23.3. The molecule has 17 atom stereocenters. The van der Waals surface area contributed by atoms with Gasteiger partial charge in [-0.3, -0.25) is 4.79 Å². The summed E-state index contributed by atoms with van der Waals surface area (Å²) in [6.07, 6.45) is 17.3. The molecule has 19 nitrogen and oxygen atoms in total. The Bertz CT molecular complexity index is 1690. The summed E-state index contributed by atoms with van der Waals surface area (Å²) >= 11 is 0. The topological polar surface area (TPSA) is 307 Å². The van der Waals surface area contributed by atoms with E-state index < -0.39 is 124 Å². The number of carbonyl (C=O) groups is 1. The quantitative estimate of drug-likeness (QED) is 0.0317. The monoisotopic (exact) mass is 1050 g/mol. The van der Waals surface area contributed by atoms with Gasteiger partial charge >= 0.3 is 0 Å².